The van der Waals surface area contributed by atoms with Crippen LogP contribution in [0.15, 0.2) is 10.8 Å². The molecule has 1 N–H and O–H groups in total. The Hall–Kier alpha value is -0.170. The molecule has 0 heterocycles. The van der Waals surface area contributed by atoms with Crippen LogP contribution in [0.3, 0.4) is 0 Å². The SMILES string of the molecule is C/C(O)=C(\C)Cl. The van der Waals surface area contributed by atoms with Crippen molar-refractivity contribution in [3.05, 3.63) is 10.8 Å². The summed E-state index contributed by atoms with van der Waals surface area (Å²) in [5, 5.41) is 8.83. The second-order valence-electron chi connectivity index (χ2n) is 1.12. The zero-order valence-corrected chi connectivity index (χ0v) is 4.58. The molecule has 0 saturated heterocycles. The Kier molecular flexibility index (Phi) is 2.03. The predicted molar refractivity (Wildman–Crippen MR) is 26.9 cm³/mol. The number of aliphatic hydroxyl groups is 1. The molecular weight excluding hydrogens is 99.5 g/mol. The van der Waals surface area contributed by atoms with E-state index in [1.165, 1.54) is 0 Å². The molecule has 0 aromatic rings. The average Bonchev–Trinajstić information content (AvgIpc) is 1.36. The van der Waals surface area contributed by atoms with Gasteiger partial charge in [0.2, 0.25) is 0 Å². The highest BCUT2D eigenvalue weighted by Crippen LogP contribution is 2.01. The van der Waals surface area contributed by atoms with Crippen molar-refractivity contribution in [3.8, 4) is 0 Å². The average molecular weight is 107 g/mol. The highest BCUT2D eigenvalue weighted by atomic mass is 35.5. The first-order chi connectivity index (χ1) is 2.64. The van der Waals surface area contributed by atoms with Gasteiger partial charge in [0.15, 0.2) is 0 Å². The van der Waals surface area contributed by atoms with Crippen LogP contribution in [0.1, 0.15) is 13.8 Å². The molecule has 0 spiro atoms. The molecule has 0 aliphatic rings. The van der Waals surface area contributed by atoms with Gasteiger partial charge in [-0.3, -0.25) is 0 Å². The van der Waals surface area contributed by atoms with E-state index in [9.17, 15) is 0 Å². The molecular formula is C4H7ClO. The fraction of sp³-hybridized carbons (Fsp3) is 0.500. The van der Waals surface area contributed by atoms with Crippen molar-refractivity contribution in [2.24, 2.45) is 0 Å². The third kappa shape index (κ3) is 2.09. The molecule has 6 heavy (non-hydrogen) atoms. The lowest BCUT2D eigenvalue weighted by Crippen LogP contribution is -1.68. The van der Waals surface area contributed by atoms with Gasteiger partial charge in [0.1, 0.15) is 5.76 Å². The third-order valence-corrected chi connectivity index (χ3v) is 0.772. The normalized spacial score (nSPS) is 13.8. The molecule has 0 bridgehead atoms. The van der Waals surface area contributed by atoms with E-state index in [1.54, 1.807) is 13.8 Å². The molecule has 0 aliphatic carbocycles. The van der Waals surface area contributed by atoms with Gasteiger partial charge in [-0.1, -0.05) is 11.6 Å². The molecule has 0 aliphatic heterocycles. The second-order valence-corrected chi connectivity index (χ2v) is 1.69. The van der Waals surface area contributed by atoms with Gasteiger partial charge in [0.25, 0.3) is 0 Å². The van der Waals surface area contributed by atoms with Gasteiger partial charge in [0, 0.05) is 0 Å². The smallest absolute Gasteiger partial charge is 0.103 e. The van der Waals surface area contributed by atoms with E-state index < -0.39 is 0 Å². The Balaban J connectivity index is 3.68. The van der Waals surface area contributed by atoms with Gasteiger partial charge < -0.3 is 5.11 Å². The fourth-order valence-corrected chi connectivity index (χ4v) is 0. The highest BCUT2D eigenvalue weighted by Gasteiger charge is 1.81. The summed E-state index contributed by atoms with van der Waals surface area (Å²) >= 11 is 5.24. The summed E-state index contributed by atoms with van der Waals surface area (Å²) in [6.45, 7) is 3.18. The van der Waals surface area contributed by atoms with Gasteiger partial charge in [-0.15, -0.1) is 0 Å². The maximum Gasteiger partial charge on any atom is 0.103 e. The molecule has 0 amide bonds. The molecule has 0 aromatic carbocycles. The summed E-state index contributed by atoms with van der Waals surface area (Å²) < 4.78 is 0. The van der Waals surface area contributed by atoms with E-state index in [-0.39, 0.29) is 5.76 Å². The maximum atomic E-state index is 8.38. The van der Waals surface area contributed by atoms with Gasteiger partial charge in [-0.05, 0) is 13.8 Å². The molecule has 0 rings (SSSR count). The third-order valence-electron chi connectivity index (χ3n) is 0.499. The lowest BCUT2D eigenvalue weighted by atomic mass is 10.5. The monoisotopic (exact) mass is 106 g/mol. The van der Waals surface area contributed by atoms with Crippen molar-refractivity contribution >= 4 is 11.6 Å². The van der Waals surface area contributed by atoms with E-state index in [4.69, 9.17) is 16.7 Å². The van der Waals surface area contributed by atoms with E-state index in [1.807, 2.05) is 0 Å². The topological polar surface area (TPSA) is 20.2 Å². The molecule has 2 heteroatoms. The first kappa shape index (κ1) is 5.83. The number of hydrogen-bond acceptors (Lipinski definition) is 1. The van der Waals surface area contributed by atoms with Crippen LogP contribution < -0.4 is 0 Å². The minimum atomic E-state index is 0.191. The van der Waals surface area contributed by atoms with Crippen LogP contribution in [0.25, 0.3) is 0 Å². The zero-order valence-electron chi connectivity index (χ0n) is 3.83. The summed E-state index contributed by atoms with van der Waals surface area (Å²) in [7, 11) is 0. The second kappa shape index (κ2) is 2.08. The Morgan fingerprint density at radius 1 is 1.50 bits per heavy atom. The Morgan fingerprint density at radius 3 is 1.67 bits per heavy atom. The van der Waals surface area contributed by atoms with E-state index in [0.717, 1.165) is 0 Å². The first-order valence-electron chi connectivity index (χ1n) is 1.66. The predicted octanol–water partition coefficient (Wildman–Crippen LogP) is 2.03. The van der Waals surface area contributed by atoms with Gasteiger partial charge in [-0.2, -0.15) is 0 Å². The Bertz CT molecular complexity index is 57.6. The molecule has 0 atom stereocenters. The van der Waals surface area contributed by atoms with Crippen molar-refractivity contribution in [1.29, 1.82) is 0 Å². The standard InChI is InChI=1S/C4H7ClO/c1-3(5)4(2)6/h6H,1-2H3/b4-3-. The van der Waals surface area contributed by atoms with Crippen molar-refractivity contribution in [1.82, 2.24) is 0 Å². The molecule has 0 saturated carbocycles. The quantitative estimate of drug-likeness (QED) is 0.469. The lowest BCUT2D eigenvalue weighted by Gasteiger charge is -1.84. The van der Waals surface area contributed by atoms with Crippen LogP contribution in [-0.4, -0.2) is 5.11 Å². The largest absolute Gasteiger partial charge is 0.511 e. The molecule has 0 unspecified atom stereocenters. The van der Waals surface area contributed by atoms with E-state index in [2.05, 4.69) is 0 Å². The van der Waals surface area contributed by atoms with E-state index in [0.29, 0.717) is 5.03 Å². The highest BCUT2D eigenvalue weighted by molar-refractivity contribution is 6.29. The van der Waals surface area contributed by atoms with Crippen LogP contribution >= 0.6 is 11.6 Å². The number of rotatable bonds is 0. The number of allylic oxidation sites excluding steroid dienone is 2. The van der Waals surface area contributed by atoms with Crippen LogP contribution in [-0.2, 0) is 0 Å². The van der Waals surface area contributed by atoms with Crippen LogP contribution in [0.5, 0.6) is 0 Å². The fourth-order valence-electron chi connectivity index (χ4n) is 0. The molecule has 0 aromatic heterocycles. The van der Waals surface area contributed by atoms with Crippen LogP contribution in [0, 0.1) is 0 Å². The summed E-state index contributed by atoms with van der Waals surface area (Å²) in [5.74, 6) is 0.191. The van der Waals surface area contributed by atoms with Gasteiger partial charge in [-0.25, -0.2) is 0 Å². The molecule has 0 fully saturated rings. The number of hydrogen-bond donors (Lipinski definition) is 1. The molecule has 0 radical (unpaired) electrons. The summed E-state index contributed by atoms with van der Waals surface area (Å²) in [5.41, 5.74) is 0. The zero-order chi connectivity index (χ0) is 5.15. The van der Waals surface area contributed by atoms with E-state index >= 15 is 0 Å². The van der Waals surface area contributed by atoms with Gasteiger partial charge >= 0.3 is 0 Å². The minimum absolute atomic E-state index is 0.191. The number of aliphatic hydroxyl groups excluding tert-OH is 1. The molecule has 1 nitrogen and oxygen atoms in total. The van der Waals surface area contributed by atoms with Crippen LogP contribution in [0.2, 0.25) is 0 Å². The summed E-state index contributed by atoms with van der Waals surface area (Å²) in [6.07, 6.45) is 0. The summed E-state index contributed by atoms with van der Waals surface area (Å²) in [6, 6.07) is 0. The van der Waals surface area contributed by atoms with Crippen molar-refractivity contribution in [2.75, 3.05) is 0 Å². The minimum Gasteiger partial charge on any atom is -0.511 e. The maximum absolute atomic E-state index is 8.38. The van der Waals surface area contributed by atoms with Crippen molar-refractivity contribution < 1.29 is 5.11 Å². The van der Waals surface area contributed by atoms with Crippen LogP contribution in [0.4, 0.5) is 0 Å². The Labute approximate surface area is 42.2 Å². The molecule has 36 valence electrons. The lowest BCUT2D eigenvalue weighted by molar-refractivity contribution is 0.411. The van der Waals surface area contributed by atoms with Crippen molar-refractivity contribution in [3.63, 3.8) is 0 Å². The summed E-state index contributed by atoms with van der Waals surface area (Å²) in [4.78, 5) is 0. The van der Waals surface area contributed by atoms with Gasteiger partial charge in [0.05, 0.1) is 5.03 Å². The Morgan fingerprint density at radius 2 is 1.67 bits per heavy atom. The first-order valence-corrected chi connectivity index (χ1v) is 2.04. The van der Waals surface area contributed by atoms with Crippen molar-refractivity contribution in [2.45, 2.75) is 13.8 Å². The number of halogens is 1.